The van der Waals surface area contributed by atoms with E-state index in [0.717, 1.165) is 21.5 Å². The highest BCUT2D eigenvalue weighted by molar-refractivity contribution is 6.00. The van der Waals surface area contributed by atoms with E-state index < -0.39 is 12.0 Å². The van der Waals surface area contributed by atoms with Gasteiger partial charge in [-0.2, -0.15) is 9.78 Å². The molecule has 4 N–H and O–H groups in total. The van der Waals surface area contributed by atoms with E-state index in [2.05, 4.69) is 31.1 Å². The van der Waals surface area contributed by atoms with Crippen molar-refractivity contribution in [2.45, 2.75) is 13.3 Å². The minimum atomic E-state index is -0.602. The maximum atomic E-state index is 12.6. The van der Waals surface area contributed by atoms with Crippen LogP contribution in [-0.4, -0.2) is 47.4 Å². The van der Waals surface area contributed by atoms with Crippen LogP contribution in [0.25, 0.3) is 10.9 Å². The zero-order valence-electron chi connectivity index (χ0n) is 20.8. The molecule has 0 fully saturated rings. The van der Waals surface area contributed by atoms with E-state index in [1.165, 1.54) is 13.3 Å². The number of methoxy groups -OCH3 is 1. The van der Waals surface area contributed by atoms with Gasteiger partial charge < -0.3 is 26.0 Å². The van der Waals surface area contributed by atoms with E-state index in [1.54, 1.807) is 42.5 Å². The first-order chi connectivity index (χ1) is 18.3. The second-order valence-corrected chi connectivity index (χ2v) is 8.38. The van der Waals surface area contributed by atoms with Crippen molar-refractivity contribution in [1.29, 1.82) is 0 Å². The van der Waals surface area contributed by atoms with E-state index in [0.29, 0.717) is 22.3 Å². The van der Waals surface area contributed by atoms with Crippen LogP contribution in [-0.2, 0) is 20.7 Å². The summed E-state index contributed by atoms with van der Waals surface area (Å²) in [5, 5.41) is 15.5. The molecular formula is C27H26N6O5. The SMILES string of the molecule is COC(=O)CNC(=O)n1ncc2ccc(NC(=O)Cc3ccc(NC(=O)Nc4ccccc4C)cc3)cc21. The molecule has 0 aliphatic carbocycles. The van der Waals surface area contributed by atoms with Crippen LogP contribution in [0.3, 0.4) is 0 Å². The molecule has 0 radical (unpaired) electrons. The summed E-state index contributed by atoms with van der Waals surface area (Å²) in [4.78, 5) is 48.6. The number of para-hydroxylation sites is 1. The number of hydrogen-bond donors (Lipinski definition) is 4. The molecule has 3 aromatic carbocycles. The fraction of sp³-hybridized carbons (Fsp3) is 0.148. The Morgan fingerprint density at radius 3 is 2.37 bits per heavy atom. The molecule has 4 amide bonds. The number of rotatable bonds is 7. The molecule has 0 aliphatic rings. The first kappa shape index (κ1) is 25.9. The Bertz CT molecular complexity index is 1500. The molecule has 0 bridgehead atoms. The molecule has 0 saturated carbocycles. The molecular weight excluding hydrogens is 488 g/mol. The maximum Gasteiger partial charge on any atom is 0.343 e. The fourth-order valence-electron chi connectivity index (χ4n) is 3.65. The van der Waals surface area contributed by atoms with Gasteiger partial charge >= 0.3 is 18.0 Å². The van der Waals surface area contributed by atoms with Gasteiger partial charge in [0.15, 0.2) is 0 Å². The van der Waals surface area contributed by atoms with Crippen LogP contribution in [0.4, 0.5) is 26.7 Å². The van der Waals surface area contributed by atoms with E-state index in [1.807, 2.05) is 31.2 Å². The molecule has 194 valence electrons. The molecule has 0 unspecified atom stereocenters. The molecule has 4 rings (SSSR count). The molecule has 0 aliphatic heterocycles. The number of benzene rings is 3. The zero-order valence-corrected chi connectivity index (χ0v) is 20.8. The molecule has 1 aromatic heterocycles. The minimum Gasteiger partial charge on any atom is -0.468 e. The number of amides is 4. The van der Waals surface area contributed by atoms with Crippen molar-refractivity contribution < 1.29 is 23.9 Å². The van der Waals surface area contributed by atoms with Crippen LogP contribution in [0.5, 0.6) is 0 Å². The molecule has 38 heavy (non-hydrogen) atoms. The molecule has 1 heterocycles. The van der Waals surface area contributed by atoms with Crippen molar-refractivity contribution in [3.05, 3.63) is 84.1 Å². The fourth-order valence-corrected chi connectivity index (χ4v) is 3.65. The lowest BCUT2D eigenvalue weighted by Crippen LogP contribution is -2.34. The number of esters is 1. The first-order valence-corrected chi connectivity index (χ1v) is 11.7. The van der Waals surface area contributed by atoms with Gasteiger partial charge in [-0.05, 0) is 54.4 Å². The summed E-state index contributed by atoms with van der Waals surface area (Å²) in [6, 6.07) is 18.5. The number of anilines is 3. The Morgan fingerprint density at radius 2 is 1.63 bits per heavy atom. The smallest absolute Gasteiger partial charge is 0.343 e. The van der Waals surface area contributed by atoms with Crippen molar-refractivity contribution in [3.63, 3.8) is 0 Å². The number of nitrogens with zero attached hydrogens (tertiary/aromatic N) is 2. The highest BCUT2D eigenvalue weighted by atomic mass is 16.5. The van der Waals surface area contributed by atoms with Gasteiger partial charge in [0.1, 0.15) is 6.54 Å². The monoisotopic (exact) mass is 514 g/mol. The van der Waals surface area contributed by atoms with Gasteiger partial charge in [-0.15, -0.1) is 0 Å². The van der Waals surface area contributed by atoms with Crippen LogP contribution < -0.4 is 21.3 Å². The number of hydrogen-bond acceptors (Lipinski definition) is 6. The number of carbonyl (C=O) groups is 4. The molecule has 4 aromatic rings. The van der Waals surface area contributed by atoms with Gasteiger partial charge in [-0.25, -0.2) is 9.59 Å². The summed E-state index contributed by atoms with van der Waals surface area (Å²) in [5.41, 5.74) is 3.96. The molecule has 0 spiro atoms. The van der Waals surface area contributed by atoms with Crippen LogP contribution in [0.2, 0.25) is 0 Å². The van der Waals surface area contributed by atoms with E-state index >= 15 is 0 Å². The minimum absolute atomic E-state index is 0.104. The van der Waals surface area contributed by atoms with Crippen LogP contribution >= 0.6 is 0 Å². The lowest BCUT2D eigenvalue weighted by atomic mass is 10.1. The number of fused-ring (bicyclic) bond motifs is 1. The highest BCUT2D eigenvalue weighted by Crippen LogP contribution is 2.20. The van der Waals surface area contributed by atoms with Gasteiger partial charge in [0.05, 0.1) is 25.2 Å². The number of aromatic nitrogens is 2. The second-order valence-electron chi connectivity index (χ2n) is 8.38. The summed E-state index contributed by atoms with van der Waals surface area (Å²) in [6.45, 7) is 1.62. The first-order valence-electron chi connectivity index (χ1n) is 11.7. The lowest BCUT2D eigenvalue weighted by molar-refractivity contribution is -0.139. The van der Waals surface area contributed by atoms with Gasteiger partial charge in [-0.3, -0.25) is 9.59 Å². The third kappa shape index (κ3) is 6.52. The topological polar surface area (TPSA) is 143 Å². The average molecular weight is 515 g/mol. The predicted molar refractivity (Wildman–Crippen MR) is 143 cm³/mol. The summed E-state index contributed by atoms with van der Waals surface area (Å²) >= 11 is 0. The number of ether oxygens (including phenoxy) is 1. The number of urea groups is 1. The standard InChI is InChI=1S/C27H26N6O5/c1-17-5-3-4-6-22(17)32-26(36)31-20-10-7-18(8-11-20)13-24(34)30-21-12-9-19-15-29-33(23(19)14-21)27(37)28-16-25(35)38-2/h3-12,14-15H,13,16H2,1-2H3,(H,28,37)(H,30,34)(H2,31,32,36). The van der Waals surface area contributed by atoms with Crippen molar-refractivity contribution in [1.82, 2.24) is 15.1 Å². The highest BCUT2D eigenvalue weighted by Gasteiger charge is 2.13. The Hall–Kier alpha value is -5.19. The van der Waals surface area contributed by atoms with E-state index in [4.69, 9.17) is 0 Å². The Balaban J connectivity index is 1.34. The number of nitrogens with one attached hydrogen (secondary N) is 4. The maximum absolute atomic E-state index is 12.6. The van der Waals surface area contributed by atoms with Crippen molar-refractivity contribution in [3.8, 4) is 0 Å². The predicted octanol–water partition coefficient (Wildman–Crippen LogP) is 3.90. The van der Waals surface area contributed by atoms with Gasteiger partial charge in [0.25, 0.3) is 0 Å². The van der Waals surface area contributed by atoms with E-state index in [9.17, 15) is 19.2 Å². The largest absolute Gasteiger partial charge is 0.468 e. The summed E-state index contributed by atoms with van der Waals surface area (Å²) < 4.78 is 5.62. The second kappa shape index (κ2) is 11.7. The Kier molecular flexibility index (Phi) is 7.97. The quantitative estimate of drug-likeness (QED) is 0.276. The number of aryl methyl sites for hydroxylation is 1. The van der Waals surface area contributed by atoms with Crippen molar-refractivity contribution in [2.24, 2.45) is 0 Å². The van der Waals surface area contributed by atoms with Crippen molar-refractivity contribution in [2.75, 3.05) is 29.6 Å². The molecule has 0 atom stereocenters. The van der Waals surface area contributed by atoms with Gasteiger partial charge in [0.2, 0.25) is 5.91 Å². The average Bonchev–Trinajstić information content (AvgIpc) is 3.33. The molecule has 11 nitrogen and oxygen atoms in total. The molecule has 0 saturated heterocycles. The summed E-state index contributed by atoms with van der Waals surface area (Å²) in [7, 11) is 1.23. The number of carbonyl (C=O) groups excluding carboxylic acids is 4. The van der Waals surface area contributed by atoms with Crippen LogP contribution in [0, 0.1) is 6.92 Å². The summed E-state index contributed by atoms with van der Waals surface area (Å²) in [6.07, 6.45) is 1.61. The third-order valence-corrected chi connectivity index (χ3v) is 5.63. The van der Waals surface area contributed by atoms with E-state index in [-0.39, 0.29) is 24.9 Å². The van der Waals surface area contributed by atoms with Crippen LogP contribution in [0.15, 0.2) is 72.9 Å². The zero-order chi connectivity index (χ0) is 27.1. The van der Waals surface area contributed by atoms with Gasteiger partial charge in [-0.1, -0.05) is 30.3 Å². The third-order valence-electron chi connectivity index (χ3n) is 5.63. The molecule has 11 heteroatoms. The Morgan fingerprint density at radius 1 is 0.895 bits per heavy atom. The van der Waals surface area contributed by atoms with Crippen LogP contribution in [0.1, 0.15) is 11.1 Å². The lowest BCUT2D eigenvalue weighted by Gasteiger charge is -2.10. The van der Waals surface area contributed by atoms with Crippen molar-refractivity contribution >= 4 is 51.9 Å². The normalized spacial score (nSPS) is 10.5. The van der Waals surface area contributed by atoms with Gasteiger partial charge in [0, 0.05) is 22.4 Å². The Labute approximate surface area is 218 Å². The summed E-state index contributed by atoms with van der Waals surface area (Å²) in [5.74, 6) is -0.847.